The summed E-state index contributed by atoms with van der Waals surface area (Å²) in [5.74, 6) is 1.02. The molecule has 1 aromatic heterocycles. The summed E-state index contributed by atoms with van der Waals surface area (Å²) in [7, 11) is 0. The minimum atomic E-state index is -1.08. The normalized spacial score (nSPS) is 13.4. The Labute approximate surface area is 151 Å². The van der Waals surface area contributed by atoms with Gasteiger partial charge in [-0.25, -0.2) is 9.18 Å². The molecular weight excluding hydrogens is 339 g/mol. The van der Waals surface area contributed by atoms with Gasteiger partial charge in [-0.2, -0.15) is 0 Å². The van der Waals surface area contributed by atoms with Crippen LogP contribution in [0.4, 0.5) is 9.18 Å². The molecule has 0 spiro atoms. The van der Waals surface area contributed by atoms with E-state index in [1.807, 2.05) is 13.8 Å². The van der Waals surface area contributed by atoms with E-state index >= 15 is 0 Å². The molecule has 0 fully saturated rings. The third-order valence-electron chi connectivity index (χ3n) is 4.12. The number of pyridine rings is 1. The molecule has 1 amide bonds. The summed E-state index contributed by atoms with van der Waals surface area (Å²) in [4.78, 5) is 14.8. The van der Waals surface area contributed by atoms with Gasteiger partial charge in [0, 0.05) is 29.0 Å². The smallest absolute Gasteiger partial charge is 0.404 e. The van der Waals surface area contributed by atoms with Crippen LogP contribution in [0, 0.1) is 11.7 Å². The molecule has 0 aliphatic carbocycles. The molecule has 138 valence electrons. The number of hydrogen-bond acceptors (Lipinski definition) is 4. The summed E-state index contributed by atoms with van der Waals surface area (Å²) in [5.41, 5.74) is 1.85. The van der Waals surface area contributed by atoms with Crippen molar-refractivity contribution < 1.29 is 23.8 Å². The largest absolute Gasteiger partial charge is 0.491 e. The Bertz CT molecular complexity index is 810. The SMILES string of the molecule is CC(C)CC(COc1ccc2c(c1)OCc1cncc(F)c1-2)NC(=O)O. The number of hydrogen-bond donors (Lipinski definition) is 2. The van der Waals surface area contributed by atoms with E-state index in [-0.39, 0.29) is 25.1 Å². The molecule has 0 saturated heterocycles. The molecule has 2 N–H and O–H groups in total. The summed E-state index contributed by atoms with van der Waals surface area (Å²) in [6.45, 7) is 4.49. The van der Waals surface area contributed by atoms with E-state index < -0.39 is 6.09 Å². The second-order valence-electron chi connectivity index (χ2n) is 6.69. The van der Waals surface area contributed by atoms with Gasteiger partial charge < -0.3 is 19.9 Å². The third-order valence-corrected chi connectivity index (χ3v) is 4.12. The second-order valence-corrected chi connectivity index (χ2v) is 6.69. The predicted octanol–water partition coefficient (Wildman–Crippen LogP) is 3.84. The zero-order chi connectivity index (χ0) is 18.7. The lowest BCUT2D eigenvalue weighted by molar-refractivity contribution is 0.176. The Morgan fingerprint density at radius 1 is 1.42 bits per heavy atom. The van der Waals surface area contributed by atoms with Crippen molar-refractivity contribution in [1.29, 1.82) is 0 Å². The van der Waals surface area contributed by atoms with Crippen molar-refractivity contribution in [3.63, 3.8) is 0 Å². The lowest BCUT2D eigenvalue weighted by atomic mass is 9.98. The Kier molecular flexibility index (Phi) is 5.25. The van der Waals surface area contributed by atoms with Gasteiger partial charge in [-0.15, -0.1) is 0 Å². The fourth-order valence-electron chi connectivity index (χ4n) is 3.07. The Morgan fingerprint density at radius 3 is 2.96 bits per heavy atom. The second kappa shape index (κ2) is 7.59. The van der Waals surface area contributed by atoms with E-state index in [0.29, 0.717) is 40.5 Å². The number of fused-ring (bicyclic) bond motifs is 3. The summed E-state index contributed by atoms with van der Waals surface area (Å²) >= 11 is 0. The standard InChI is InChI=1S/C19H21FN2O4/c1-11(2)5-13(22-19(23)24)10-25-14-3-4-15-17(6-14)26-9-12-7-21-8-16(20)18(12)15/h3-4,6-8,11,13,22H,5,9-10H2,1-2H3,(H,23,24). The van der Waals surface area contributed by atoms with E-state index in [1.54, 1.807) is 24.4 Å². The number of carboxylic acid groups (broad SMARTS) is 1. The first-order valence-electron chi connectivity index (χ1n) is 8.46. The van der Waals surface area contributed by atoms with Crippen LogP contribution >= 0.6 is 0 Å². The fourth-order valence-corrected chi connectivity index (χ4v) is 3.07. The minimum absolute atomic E-state index is 0.206. The topological polar surface area (TPSA) is 80.7 Å². The van der Waals surface area contributed by atoms with Crippen LogP contribution in [0.15, 0.2) is 30.6 Å². The number of aromatic nitrogens is 1. The first kappa shape index (κ1) is 18.0. The molecule has 7 heteroatoms. The third kappa shape index (κ3) is 4.04. The van der Waals surface area contributed by atoms with Crippen molar-refractivity contribution in [2.24, 2.45) is 5.92 Å². The molecule has 1 aromatic carbocycles. The first-order chi connectivity index (χ1) is 12.4. The van der Waals surface area contributed by atoms with Crippen molar-refractivity contribution in [3.05, 3.63) is 42.0 Å². The van der Waals surface area contributed by atoms with Crippen LogP contribution in [0.1, 0.15) is 25.8 Å². The van der Waals surface area contributed by atoms with Crippen molar-refractivity contribution in [2.45, 2.75) is 32.9 Å². The van der Waals surface area contributed by atoms with Gasteiger partial charge in [0.05, 0.1) is 12.2 Å². The van der Waals surface area contributed by atoms with E-state index in [1.165, 1.54) is 6.20 Å². The summed E-state index contributed by atoms with van der Waals surface area (Å²) in [5, 5.41) is 11.4. The Morgan fingerprint density at radius 2 is 2.23 bits per heavy atom. The van der Waals surface area contributed by atoms with Crippen LogP contribution in [0.5, 0.6) is 11.5 Å². The van der Waals surface area contributed by atoms with Crippen LogP contribution in [0.3, 0.4) is 0 Å². The van der Waals surface area contributed by atoms with E-state index in [0.717, 1.165) is 0 Å². The van der Waals surface area contributed by atoms with Crippen LogP contribution in [-0.2, 0) is 6.61 Å². The monoisotopic (exact) mass is 360 g/mol. The molecule has 0 bridgehead atoms. The van der Waals surface area contributed by atoms with Crippen LogP contribution in [-0.4, -0.2) is 28.8 Å². The number of rotatable bonds is 6. The minimum Gasteiger partial charge on any atom is -0.491 e. The number of benzene rings is 1. The molecule has 2 aromatic rings. The van der Waals surface area contributed by atoms with Crippen molar-refractivity contribution in [3.8, 4) is 22.6 Å². The van der Waals surface area contributed by atoms with Gasteiger partial charge in [0.25, 0.3) is 0 Å². The molecule has 1 atom stereocenters. The predicted molar refractivity (Wildman–Crippen MR) is 93.9 cm³/mol. The van der Waals surface area contributed by atoms with Gasteiger partial charge in [-0.3, -0.25) is 4.98 Å². The van der Waals surface area contributed by atoms with Gasteiger partial charge in [0.2, 0.25) is 0 Å². The highest BCUT2D eigenvalue weighted by Gasteiger charge is 2.22. The van der Waals surface area contributed by atoms with Crippen LogP contribution < -0.4 is 14.8 Å². The number of ether oxygens (including phenoxy) is 2. The van der Waals surface area contributed by atoms with Crippen LogP contribution in [0.25, 0.3) is 11.1 Å². The van der Waals surface area contributed by atoms with Gasteiger partial charge >= 0.3 is 6.09 Å². The van der Waals surface area contributed by atoms with E-state index in [4.69, 9.17) is 14.6 Å². The molecule has 2 heterocycles. The first-order valence-corrected chi connectivity index (χ1v) is 8.46. The number of nitrogens with one attached hydrogen (secondary N) is 1. The summed E-state index contributed by atoms with van der Waals surface area (Å²) in [6.07, 6.45) is 2.37. The maximum atomic E-state index is 14.1. The lowest BCUT2D eigenvalue weighted by Gasteiger charge is -2.23. The number of amides is 1. The number of carbonyl (C=O) groups is 1. The van der Waals surface area contributed by atoms with Gasteiger partial charge in [-0.05, 0) is 24.5 Å². The number of nitrogens with zero attached hydrogens (tertiary/aromatic N) is 1. The van der Waals surface area contributed by atoms with E-state index in [9.17, 15) is 9.18 Å². The molecule has 1 aliphatic rings. The highest BCUT2D eigenvalue weighted by molar-refractivity contribution is 5.76. The molecule has 1 aliphatic heterocycles. The highest BCUT2D eigenvalue weighted by Crippen LogP contribution is 2.40. The van der Waals surface area contributed by atoms with Crippen molar-refractivity contribution in [2.75, 3.05) is 6.61 Å². The molecular formula is C19H21FN2O4. The van der Waals surface area contributed by atoms with Crippen molar-refractivity contribution >= 4 is 6.09 Å². The molecule has 26 heavy (non-hydrogen) atoms. The molecule has 1 unspecified atom stereocenters. The summed E-state index contributed by atoms with van der Waals surface area (Å²) in [6, 6.07) is 4.86. The maximum absolute atomic E-state index is 14.1. The van der Waals surface area contributed by atoms with Gasteiger partial charge in [0.15, 0.2) is 0 Å². The van der Waals surface area contributed by atoms with Gasteiger partial charge in [0.1, 0.15) is 30.5 Å². The summed E-state index contributed by atoms with van der Waals surface area (Å²) < 4.78 is 25.6. The average Bonchev–Trinajstić information content (AvgIpc) is 2.58. The average molecular weight is 360 g/mol. The highest BCUT2D eigenvalue weighted by atomic mass is 19.1. The lowest BCUT2D eigenvalue weighted by Crippen LogP contribution is -2.39. The zero-order valence-electron chi connectivity index (χ0n) is 14.7. The van der Waals surface area contributed by atoms with Gasteiger partial charge in [-0.1, -0.05) is 13.8 Å². The van der Waals surface area contributed by atoms with Crippen molar-refractivity contribution in [1.82, 2.24) is 10.3 Å². The molecule has 0 saturated carbocycles. The zero-order valence-corrected chi connectivity index (χ0v) is 14.7. The Hall–Kier alpha value is -2.83. The molecule has 6 nitrogen and oxygen atoms in total. The Balaban J connectivity index is 1.75. The van der Waals surface area contributed by atoms with Crippen LogP contribution in [0.2, 0.25) is 0 Å². The maximum Gasteiger partial charge on any atom is 0.404 e. The fraction of sp³-hybridized carbons (Fsp3) is 0.368. The molecule has 3 rings (SSSR count). The molecule has 0 radical (unpaired) electrons. The number of halogens is 1. The van der Waals surface area contributed by atoms with E-state index in [2.05, 4.69) is 10.3 Å². The quantitative estimate of drug-likeness (QED) is 0.818.